The number of carbonyl (C=O) groups excluding carboxylic acids is 2. The number of morpholine rings is 1. The molecular weight excluding hydrogens is 508 g/mol. The van der Waals surface area contributed by atoms with Crippen molar-refractivity contribution >= 4 is 34.5 Å². The average molecular weight is 535 g/mol. The van der Waals surface area contributed by atoms with Gasteiger partial charge >= 0.3 is 5.97 Å². The van der Waals surface area contributed by atoms with Crippen molar-refractivity contribution in [2.24, 2.45) is 4.99 Å². The van der Waals surface area contributed by atoms with E-state index in [2.05, 4.69) is 4.99 Å². The average Bonchev–Trinajstić information content (AvgIpc) is 3.33. The molecule has 3 heterocycles. The lowest BCUT2D eigenvalue weighted by molar-refractivity contribution is -0.384. The van der Waals surface area contributed by atoms with Gasteiger partial charge in [-0.15, -0.1) is 0 Å². The zero-order valence-electron chi connectivity index (χ0n) is 20.7. The number of hydrogen-bond acceptors (Lipinski definition) is 9. The first-order valence-electron chi connectivity index (χ1n) is 12.2. The van der Waals surface area contributed by atoms with Crippen molar-refractivity contribution in [2.75, 3.05) is 26.3 Å². The maximum Gasteiger partial charge on any atom is 0.338 e. The zero-order chi connectivity index (χ0) is 26.6. The molecule has 5 rings (SSSR count). The number of esters is 1. The van der Waals surface area contributed by atoms with Gasteiger partial charge in [0.05, 0.1) is 41.9 Å². The SMILES string of the molecule is CC1=C(C(=O)OCc2ccccc2)[C@H](c2ccc([N+](=O)[O-])cc2)N2C(CC(=O)N3CCOCC3)=CSC2=N1. The fourth-order valence-corrected chi connectivity index (χ4v) is 5.57. The van der Waals surface area contributed by atoms with Crippen LogP contribution in [0.3, 0.4) is 0 Å². The molecular formula is C27H26N4O6S. The van der Waals surface area contributed by atoms with Crippen LogP contribution in [-0.4, -0.2) is 58.1 Å². The number of hydrogen-bond donors (Lipinski definition) is 0. The highest BCUT2D eigenvalue weighted by atomic mass is 32.2. The smallest absolute Gasteiger partial charge is 0.338 e. The van der Waals surface area contributed by atoms with Gasteiger partial charge in [0.2, 0.25) is 5.91 Å². The molecule has 2 aromatic rings. The van der Waals surface area contributed by atoms with E-state index in [4.69, 9.17) is 9.47 Å². The van der Waals surface area contributed by atoms with E-state index in [1.54, 1.807) is 24.0 Å². The lowest BCUT2D eigenvalue weighted by atomic mass is 9.93. The molecule has 1 fully saturated rings. The van der Waals surface area contributed by atoms with Crippen LogP contribution in [0.2, 0.25) is 0 Å². The molecule has 3 aliphatic heterocycles. The van der Waals surface area contributed by atoms with Crippen molar-refractivity contribution in [1.82, 2.24) is 9.80 Å². The van der Waals surface area contributed by atoms with Crippen molar-refractivity contribution in [3.63, 3.8) is 0 Å². The molecule has 0 aliphatic carbocycles. The number of amides is 1. The molecule has 2 aromatic carbocycles. The first-order valence-corrected chi connectivity index (χ1v) is 13.1. The van der Waals surface area contributed by atoms with Crippen LogP contribution in [0.4, 0.5) is 5.69 Å². The van der Waals surface area contributed by atoms with Crippen LogP contribution in [0.5, 0.6) is 0 Å². The summed E-state index contributed by atoms with van der Waals surface area (Å²) in [5.74, 6) is -0.573. The molecule has 3 aliphatic rings. The summed E-state index contributed by atoms with van der Waals surface area (Å²) >= 11 is 1.38. The molecule has 0 aromatic heterocycles. The van der Waals surface area contributed by atoms with Gasteiger partial charge in [-0.1, -0.05) is 42.1 Å². The third kappa shape index (κ3) is 5.34. The molecule has 1 amide bonds. The second-order valence-electron chi connectivity index (χ2n) is 8.97. The van der Waals surface area contributed by atoms with Crippen LogP contribution < -0.4 is 0 Å². The van der Waals surface area contributed by atoms with Gasteiger partial charge in [0.1, 0.15) is 6.61 Å². The first kappa shape index (κ1) is 25.7. The number of nitrogens with zero attached hydrogens (tertiary/aromatic N) is 4. The van der Waals surface area contributed by atoms with E-state index in [0.717, 1.165) is 5.56 Å². The minimum atomic E-state index is -0.662. The molecule has 0 bridgehead atoms. The minimum Gasteiger partial charge on any atom is -0.457 e. The third-order valence-electron chi connectivity index (χ3n) is 6.55. The van der Waals surface area contributed by atoms with Crippen LogP contribution in [0.15, 0.2) is 82.0 Å². The van der Waals surface area contributed by atoms with Gasteiger partial charge in [0.25, 0.3) is 5.69 Å². The molecule has 0 spiro atoms. The third-order valence-corrected chi connectivity index (χ3v) is 7.44. The molecule has 38 heavy (non-hydrogen) atoms. The van der Waals surface area contributed by atoms with Gasteiger partial charge in [-0.2, -0.15) is 0 Å². The van der Waals surface area contributed by atoms with Crippen LogP contribution >= 0.6 is 11.8 Å². The zero-order valence-corrected chi connectivity index (χ0v) is 21.6. The number of nitro benzene ring substituents is 1. The minimum absolute atomic E-state index is 0.0386. The number of nitro groups is 1. The Bertz CT molecular complexity index is 1330. The normalized spacial score (nSPS) is 19.0. The van der Waals surface area contributed by atoms with Gasteiger partial charge in [-0.3, -0.25) is 14.9 Å². The summed E-state index contributed by atoms with van der Waals surface area (Å²) in [5.41, 5.74) is 2.97. The van der Waals surface area contributed by atoms with Crippen molar-refractivity contribution < 1.29 is 24.0 Å². The van der Waals surface area contributed by atoms with Gasteiger partial charge in [-0.25, -0.2) is 9.79 Å². The Morgan fingerprint density at radius 1 is 1.13 bits per heavy atom. The number of carbonyl (C=O) groups is 2. The maximum absolute atomic E-state index is 13.5. The number of ether oxygens (including phenoxy) is 2. The Labute approximate surface area is 223 Å². The van der Waals surface area contributed by atoms with E-state index in [0.29, 0.717) is 54.0 Å². The van der Waals surface area contributed by atoms with E-state index < -0.39 is 16.9 Å². The Morgan fingerprint density at radius 3 is 2.53 bits per heavy atom. The Balaban J connectivity index is 1.47. The summed E-state index contributed by atoms with van der Waals surface area (Å²) in [7, 11) is 0. The topological polar surface area (TPSA) is 115 Å². The van der Waals surface area contributed by atoms with E-state index in [9.17, 15) is 19.7 Å². The highest BCUT2D eigenvalue weighted by Gasteiger charge is 2.41. The van der Waals surface area contributed by atoms with Crippen molar-refractivity contribution in [2.45, 2.75) is 26.0 Å². The van der Waals surface area contributed by atoms with Crippen LogP contribution in [0.25, 0.3) is 0 Å². The van der Waals surface area contributed by atoms with Crippen LogP contribution in [-0.2, 0) is 25.7 Å². The molecule has 1 saturated heterocycles. The lowest BCUT2D eigenvalue weighted by Gasteiger charge is -2.37. The van der Waals surface area contributed by atoms with Crippen molar-refractivity contribution in [1.29, 1.82) is 0 Å². The molecule has 0 N–H and O–H groups in total. The van der Waals surface area contributed by atoms with Gasteiger partial charge in [-0.05, 0) is 35.6 Å². The molecule has 0 unspecified atom stereocenters. The quantitative estimate of drug-likeness (QED) is 0.296. The van der Waals surface area contributed by atoms with E-state index in [1.165, 1.54) is 23.9 Å². The molecule has 11 heteroatoms. The number of benzene rings is 2. The number of thioether (sulfide) groups is 1. The summed E-state index contributed by atoms with van der Waals surface area (Å²) in [5, 5.41) is 13.8. The Morgan fingerprint density at radius 2 is 1.84 bits per heavy atom. The molecule has 1 atom stereocenters. The number of fused-ring (bicyclic) bond motifs is 1. The van der Waals surface area contributed by atoms with Crippen LogP contribution in [0, 0.1) is 10.1 Å². The Hall–Kier alpha value is -3.96. The summed E-state index contributed by atoms with van der Waals surface area (Å²) in [6.45, 7) is 3.90. The maximum atomic E-state index is 13.5. The van der Waals surface area contributed by atoms with Crippen molar-refractivity contribution in [3.05, 3.63) is 98.2 Å². The number of allylic oxidation sites excluding steroid dienone is 1. The first-order chi connectivity index (χ1) is 18.4. The highest BCUT2D eigenvalue weighted by Crippen LogP contribution is 2.45. The van der Waals surface area contributed by atoms with Gasteiger partial charge < -0.3 is 19.3 Å². The van der Waals surface area contributed by atoms with Crippen LogP contribution in [0.1, 0.15) is 30.5 Å². The molecule has 0 radical (unpaired) electrons. The number of amidine groups is 1. The number of non-ortho nitro benzene ring substituents is 1. The van der Waals surface area contributed by atoms with E-state index in [-0.39, 0.29) is 24.6 Å². The molecule has 10 nitrogen and oxygen atoms in total. The largest absolute Gasteiger partial charge is 0.457 e. The monoisotopic (exact) mass is 534 g/mol. The molecule has 0 saturated carbocycles. The predicted octanol–water partition coefficient (Wildman–Crippen LogP) is 4.16. The van der Waals surface area contributed by atoms with Crippen molar-refractivity contribution in [3.8, 4) is 0 Å². The number of rotatable bonds is 7. The predicted molar refractivity (Wildman–Crippen MR) is 142 cm³/mol. The van der Waals surface area contributed by atoms with Gasteiger partial charge in [0.15, 0.2) is 5.17 Å². The summed E-state index contributed by atoms with van der Waals surface area (Å²) in [4.78, 5) is 45.7. The fourth-order valence-electron chi connectivity index (χ4n) is 4.60. The summed E-state index contributed by atoms with van der Waals surface area (Å²) in [6, 6.07) is 14.8. The van der Waals surface area contributed by atoms with Gasteiger partial charge in [0, 0.05) is 30.9 Å². The molecule has 196 valence electrons. The fraction of sp³-hybridized carbons (Fsp3) is 0.296. The van der Waals surface area contributed by atoms with E-state index in [1.807, 2.05) is 40.6 Å². The lowest BCUT2D eigenvalue weighted by Crippen LogP contribution is -2.42. The second-order valence-corrected chi connectivity index (χ2v) is 9.81. The Kier molecular flexibility index (Phi) is 7.57. The number of aliphatic imine (C=N–C) groups is 1. The highest BCUT2D eigenvalue weighted by molar-refractivity contribution is 8.16. The summed E-state index contributed by atoms with van der Waals surface area (Å²) < 4.78 is 11.1. The van der Waals surface area contributed by atoms with E-state index >= 15 is 0 Å². The summed E-state index contributed by atoms with van der Waals surface area (Å²) in [6.07, 6.45) is 0.126. The second kappa shape index (κ2) is 11.2. The standard InChI is InChI=1S/C27H26N4O6S/c1-18-24(26(33)37-16-19-5-3-2-4-6-19)25(20-7-9-21(10-8-20)31(34)35)30-22(17-38-27(30)28-18)15-23(32)29-11-13-36-14-12-29/h2-10,17,25H,11-16H2,1H3/t25-/m0/s1.